The Morgan fingerprint density at radius 1 is 1.00 bits per heavy atom. The van der Waals surface area contributed by atoms with Crippen molar-refractivity contribution in [1.82, 2.24) is 10.2 Å². The second-order valence-corrected chi connectivity index (χ2v) is 8.09. The molecule has 2 unspecified atom stereocenters. The molecule has 0 radical (unpaired) electrons. The van der Waals surface area contributed by atoms with Crippen LogP contribution in [0.15, 0.2) is 0 Å². The summed E-state index contributed by atoms with van der Waals surface area (Å²) in [6.45, 7) is 4.74. The molecule has 1 saturated heterocycles. The summed E-state index contributed by atoms with van der Waals surface area (Å²) in [5.41, 5.74) is 0.561. The van der Waals surface area contributed by atoms with Gasteiger partial charge in [-0.25, -0.2) is 0 Å². The second kappa shape index (κ2) is 6.17. The molecular formula is C18H32N2O. The van der Waals surface area contributed by atoms with Crippen LogP contribution in [0.1, 0.15) is 64.2 Å². The monoisotopic (exact) mass is 292 g/mol. The first-order valence-electron chi connectivity index (χ1n) is 9.44. The van der Waals surface area contributed by atoms with Crippen molar-refractivity contribution >= 4 is 0 Å². The summed E-state index contributed by atoms with van der Waals surface area (Å²) >= 11 is 0. The highest BCUT2D eigenvalue weighted by molar-refractivity contribution is 4.96. The lowest BCUT2D eigenvalue weighted by Gasteiger charge is -2.46. The van der Waals surface area contributed by atoms with Crippen LogP contribution in [0.25, 0.3) is 0 Å². The first-order valence-corrected chi connectivity index (χ1v) is 9.44. The van der Waals surface area contributed by atoms with Gasteiger partial charge in [0.05, 0.1) is 12.7 Å². The number of ether oxygens (including phenoxy) is 1. The topological polar surface area (TPSA) is 24.5 Å². The maximum absolute atomic E-state index is 6.01. The molecule has 120 valence electrons. The van der Waals surface area contributed by atoms with E-state index in [0.717, 1.165) is 18.7 Å². The van der Waals surface area contributed by atoms with Gasteiger partial charge in [-0.2, -0.15) is 0 Å². The Balaban J connectivity index is 1.42. The predicted octanol–water partition coefficient (Wildman–Crippen LogP) is 2.94. The Bertz CT molecular complexity index is 349. The zero-order valence-corrected chi connectivity index (χ0v) is 13.5. The molecule has 0 aromatic rings. The largest absolute Gasteiger partial charge is 0.375 e. The number of rotatable bonds is 5. The molecule has 3 aliphatic carbocycles. The van der Waals surface area contributed by atoms with Gasteiger partial charge < -0.3 is 10.1 Å². The Labute approximate surface area is 129 Å². The van der Waals surface area contributed by atoms with Gasteiger partial charge in [-0.1, -0.05) is 19.3 Å². The van der Waals surface area contributed by atoms with Crippen LogP contribution in [0.2, 0.25) is 0 Å². The van der Waals surface area contributed by atoms with Crippen molar-refractivity contribution in [3.8, 4) is 0 Å². The third kappa shape index (κ3) is 3.30. The molecule has 21 heavy (non-hydrogen) atoms. The van der Waals surface area contributed by atoms with Crippen LogP contribution in [0, 0.1) is 5.41 Å². The summed E-state index contributed by atoms with van der Waals surface area (Å²) in [6.07, 6.45) is 14.7. The smallest absolute Gasteiger partial charge is 0.0730 e. The average Bonchev–Trinajstić information content (AvgIpc) is 3.22. The van der Waals surface area contributed by atoms with Crippen LogP contribution in [-0.2, 0) is 4.74 Å². The fraction of sp³-hybridized carbons (Fsp3) is 1.00. The summed E-state index contributed by atoms with van der Waals surface area (Å²) in [4.78, 5) is 2.82. The van der Waals surface area contributed by atoms with Crippen LogP contribution in [0.5, 0.6) is 0 Å². The van der Waals surface area contributed by atoms with Crippen LogP contribution < -0.4 is 5.32 Å². The molecule has 4 aliphatic rings. The quantitative estimate of drug-likeness (QED) is 0.843. The normalized spacial score (nSPS) is 36.6. The van der Waals surface area contributed by atoms with Crippen molar-refractivity contribution in [2.75, 3.05) is 26.2 Å². The lowest BCUT2D eigenvalue weighted by molar-refractivity contribution is -0.0722. The maximum Gasteiger partial charge on any atom is 0.0730 e. The molecule has 0 amide bonds. The molecule has 1 aliphatic heterocycles. The Kier molecular flexibility index (Phi) is 4.25. The van der Waals surface area contributed by atoms with Crippen molar-refractivity contribution in [1.29, 1.82) is 0 Å². The van der Waals surface area contributed by atoms with E-state index in [9.17, 15) is 0 Å². The minimum Gasteiger partial charge on any atom is -0.375 e. The number of fused-ring (bicyclic) bond motifs is 1. The lowest BCUT2D eigenvalue weighted by Crippen LogP contribution is -2.54. The first-order chi connectivity index (χ1) is 10.3. The van der Waals surface area contributed by atoms with E-state index in [1.807, 2.05) is 0 Å². The summed E-state index contributed by atoms with van der Waals surface area (Å²) in [7, 11) is 0. The van der Waals surface area contributed by atoms with Gasteiger partial charge in [0.1, 0.15) is 0 Å². The molecule has 0 aromatic heterocycles. The Hall–Kier alpha value is -0.120. The van der Waals surface area contributed by atoms with E-state index in [1.165, 1.54) is 83.8 Å². The van der Waals surface area contributed by atoms with Crippen molar-refractivity contribution < 1.29 is 4.74 Å². The molecule has 4 rings (SSSR count). The fourth-order valence-corrected chi connectivity index (χ4v) is 4.97. The van der Waals surface area contributed by atoms with Gasteiger partial charge in [-0.15, -0.1) is 0 Å². The van der Waals surface area contributed by atoms with E-state index < -0.39 is 0 Å². The first kappa shape index (κ1) is 14.5. The number of hydrogen-bond donors (Lipinski definition) is 1. The molecular weight excluding hydrogens is 260 g/mol. The van der Waals surface area contributed by atoms with E-state index >= 15 is 0 Å². The van der Waals surface area contributed by atoms with Gasteiger partial charge >= 0.3 is 0 Å². The zero-order chi connectivity index (χ0) is 14.1. The van der Waals surface area contributed by atoms with Gasteiger partial charge in [0.25, 0.3) is 0 Å². The SMILES string of the molecule is C1CCC(CNC2CC2)(CN2CCOC3CCCC32)CC1. The van der Waals surface area contributed by atoms with Crippen molar-refractivity contribution in [3.05, 3.63) is 0 Å². The van der Waals surface area contributed by atoms with Crippen molar-refractivity contribution in [2.45, 2.75) is 82.4 Å². The molecule has 1 heterocycles. The maximum atomic E-state index is 6.01. The number of nitrogens with zero attached hydrogens (tertiary/aromatic N) is 1. The summed E-state index contributed by atoms with van der Waals surface area (Å²) in [6, 6.07) is 1.59. The second-order valence-electron chi connectivity index (χ2n) is 8.09. The van der Waals surface area contributed by atoms with Gasteiger partial charge in [0.15, 0.2) is 0 Å². The Morgan fingerprint density at radius 2 is 1.86 bits per heavy atom. The molecule has 0 aromatic carbocycles. The van der Waals surface area contributed by atoms with Crippen molar-refractivity contribution in [3.63, 3.8) is 0 Å². The Morgan fingerprint density at radius 3 is 2.67 bits per heavy atom. The van der Waals surface area contributed by atoms with E-state index in [-0.39, 0.29) is 0 Å². The zero-order valence-electron chi connectivity index (χ0n) is 13.5. The van der Waals surface area contributed by atoms with Crippen LogP contribution in [-0.4, -0.2) is 49.3 Å². The predicted molar refractivity (Wildman–Crippen MR) is 85.5 cm³/mol. The highest BCUT2D eigenvalue weighted by atomic mass is 16.5. The number of hydrogen-bond acceptors (Lipinski definition) is 3. The van der Waals surface area contributed by atoms with E-state index in [0.29, 0.717) is 11.5 Å². The third-order valence-corrected chi connectivity index (χ3v) is 6.39. The third-order valence-electron chi connectivity index (χ3n) is 6.39. The van der Waals surface area contributed by atoms with Crippen LogP contribution in [0.3, 0.4) is 0 Å². The standard InChI is InChI=1S/C18H32N2O/c1-2-9-18(10-3-1,13-19-15-7-8-15)14-20-11-12-21-17-6-4-5-16(17)20/h15-17,19H,1-14H2. The number of morpholine rings is 1. The van der Waals surface area contributed by atoms with Gasteiger partial charge in [0.2, 0.25) is 0 Å². The molecule has 3 heteroatoms. The van der Waals surface area contributed by atoms with Gasteiger partial charge in [-0.3, -0.25) is 4.90 Å². The van der Waals surface area contributed by atoms with Gasteiger partial charge in [0, 0.05) is 31.7 Å². The van der Waals surface area contributed by atoms with E-state index in [4.69, 9.17) is 4.74 Å². The fourth-order valence-electron chi connectivity index (χ4n) is 4.97. The summed E-state index contributed by atoms with van der Waals surface area (Å²) < 4.78 is 6.01. The molecule has 3 saturated carbocycles. The summed E-state index contributed by atoms with van der Waals surface area (Å²) in [5, 5.41) is 3.86. The average molecular weight is 292 g/mol. The minimum absolute atomic E-state index is 0.552. The lowest BCUT2D eigenvalue weighted by atomic mass is 9.73. The highest BCUT2D eigenvalue weighted by Gasteiger charge is 2.41. The van der Waals surface area contributed by atoms with Crippen molar-refractivity contribution in [2.24, 2.45) is 5.41 Å². The number of nitrogens with one attached hydrogen (secondary N) is 1. The molecule has 0 bridgehead atoms. The van der Waals surface area contributed by atoms with E-state index in [1.54, 1.807) is 0 Å². The molecule has 4 fully saturated rings. The summed E-state index contributed by atoms with van der Waals surface area (Å²) in [5.74, 6) is 0. The molecule has 0 spiro atoms. The van der Waals surface area contributed by atoms with E-state index in [2.05, 4.69) is 10.2 Å². The highest BCUT2D eigenvalue weighted by Crippen LogP contribution is 2.40. The molecule has 1 N–H and O–H groups in total. The molecule has 3 nitrogen and oxygen atoms in total. The minimum atomic E-state index is 0.552. The van der Waals surface area contributed by atoms with Crippen LogP contribution in [0.4, 0.5) is 0 Å². The van der Waals surface area contributed by atoms with Crippen LogP contribution >= 0.6 is 0 Å². The van der Waals surface area contributed by atoms with Gasteiger partial charge in [-0.05, 0) is 50.4 Å². The molecule has 2 atom stereocenters.